The third-order valence-electron chi connectivity index (χ3n) is 1.66. The summed E-state index contributed by atoms with van der Waals surface area (Å²) in [6, 6.07) is -0.147. The number of nitrogens with two attached hydrogens (primary N) is 1. The molecule has 0 fully saturated rings. The van der Waals surface area contributed by atoms with Gasteiger partial charge in [-0.25, -0.2) is 4.98 Å². The predicted molar refractivity (Wildman–Crippen MR) is 42.0 cm³/mol. The van der Waals surface area contributed by atoms with Crippen LogP contribution in [0.1, 0.15) is 23.9 Å². The van der Waals surface area contributed by atoms with E-state index in [9.17, 15) is 0 Å². The Morgan fingerprint density at radius 3 is 3.00 bits per heavy atom. The minimum absolute atomic E-state index is 0.105. The van der Waals surface area contributed by atoms with E-state index in [1.807, 2.05) is 6.92 Å². The van der Waals surface area contributed by atoms with E-state index in [1.54, 1.807) is 6.33 Å². The average molecular weight is 155 g/mol. The van der Waals surface area contributed by atoms with Crippen molar-refractivity contribution in [3.8, 4) is 0 Å². The van der Waals surface area contributed by atoms with Crippen LogP contribution in [0.2, 0.25) is 0 Å². The molecule has 11 heavy (non-hydrogen) atoms. The lowest BCUT2D eigenvalue weighted by atomic mass is 10.1. The van der Waals surface area contributed by atoms with Crippen molar-refractivity contribution in [1.29, 1.82) is 0 Å². The Kier molecular flexibility index (Phi) is 2.62. The summed E-state index contributed by atoms with van der Waals surface area (Å²) in [6.07, 6.45) is 2.17. The fourth-order valence-electron chi connectivity index (χ4n) is 1.02. The SMILES string of the molecule is Cc1[nH]cnc1[C@H](N)CCO. The van der Waals surface area contributed by atoms with Crippen LogP contribution < -0.4 is 5.73 Å². The quantitative estimate of drug-likeness (QED) is 0.579. The molecule has 4 N–H and O–H groups in total. The van der Waals surface area contributed by atoms with Crippen molar-refractivity contribution in [2.45, 2.75) is 19.4 Å². The van der Waals surface area contributed by atoms with Gasteiger partial charge in [0.2, 0.25) is 0 Å². The van der Waals surface area contributed by atoms with E-state index in [0.717, 1.165) is 11.4 Å². The maximum Gasteiger partial charge on any atom is 0.0925 e. The average Bonchev–Trinajstić information content (AvgIpc) is 2.36. The first kappa shape index (κ1) is 8.23. The minimum atomic E-state index is -0.147. The Morgan fingerprint density at radius 1 is 1.82 bits per heavy atom. The smallest absolute Gasteiger partial charge is 0.0925 e. The van der Waals surface area contributed by atoms with Crippen LogP contribution in [-0.2, 0) is 0 Å². The van der Waals surface area contributed by atoms with E-state index in [1.165, 1.54) is 0 Å². The summed E-state index contributed by atoms with van der Waals surface area (Å²) in [6.45, 7) is 2.02. The van der Waals surface area contributed by atoms with Crippen molar-refractivity contribution in [1.82, 2.24) is 9.97 Å². The highest BCUT2D eigenvalue weighted by molar-refractivity contribution is 5.12. The lowest BCUT2D eigenvalue weighted by Gasteiger charge is -2.06. The van der Waals surface area contributed by atoms with Gasteiger partial charge < -0.3 is 15.8 Å². The van der Waals surface area contributed by atoms with Gasteiger partial charge in [0.15, 0.2) is 0 Å². The normalized spacial score (nSPS) is 13.4. The summed E-state index contributed by atoms with van der Waals surface area (Å²) in [5, 5.41) is 8.61. The fourth-order valence-corrected chi connectivity index (χ4v) is 1.02. The third kappa shape index (κ3) is 1.78. The molecule has 62 valence electrons. The number of aromatic nitrogens is 2. The van der Waals surface area contributed by atoms with Gasteiger partial charge in [-0.1, -0.05) is 0 Å². The minimum Gasteiger partial charge on any atom is -0.396 e. The zero-order valence-corrected chi connectivity index (χ0v) is 6.54. The van der Waals surface area contributed by atoms with Gasteiger partial charge in [-0.3, -0.25) is 0 Å². The van der Waals surface area contributed by atoms with Gasteiger partial charge in [0.25, 0.3) is 0 Å². The van der Waals surface area contributed by atoms with E-state index in [-0.39, 0.29) is 12.6 Å². The number of nitrogens with one attached hydrogen (secondary N) is 1. The van der Waals surface area contributed by atoms with Crippen LogP contribution in [0.3, 0.4) is 0 Å². The molecule has 0 saturated heterocycles. The number of hydrogen-bond donors (Lipinski definition) is 3. The number of aryl methyl sites for hydroxylation is 1. The van der Waals surface area contributed by atoms with Gasteiger partial charge in [0.1, 0.15) is 0 Å². The molecule has 0 aliphatic rings. The molecular formula is C7H13N3O. The van der Waals surface area contributed by atoms with Crippen LogP contribution in [0.4, 0.5) is 0 Å². The topological polar surface area (TPSA) is 74.9 Å². The number of H-pyrrole nitrogens is 1. The molecule has 0 aromatic carbocycles. The maximum absolute atomic E-state index is 8.61. The first-order chi connectivity index (χ1) is 5.25. The highest BCUT2D eigenvalue weighted by Gasteiger charge is 2.09. The van der Waals surface area contributed by atoms with Gasteiger partial charge in [-0.05, 0) is 13.3 Å². The Morgan fingerprint density at radius 2 is 2.55 bits per heavy atom. The van der Waals surface area contributed by atoms with E-state index in [2.05, 4.69) is 9.97 Å². The summed E-state index contributed by atoms with van der Waals surface area (Å²) in [5.74, 6) is 0. The standard InChI is InChI=1S/C7H13N3O/c1-5-7(10-4-9-5)6(8)2-3-11/h4,6,11H,2-3,8H2,1H3,(H,9,10)/t6-/m1/s1. The number of imidazole rings is 1. The van der Waals surface area contributed by atoms with Crippen molar-refractivity contribution < 1.29 is 5.11 Å². The van der Waals surface area contributed by atoms with Gasteiger partial charge in [0, 0.05) is 12.3 Å². The molecule has 1 rings (SSSR count). The Labute approximate surface area is 65.5 Å². The summed E-state index contributed by atoms with van der Waals surface area (Å²) in [7, 11) is 0. The second-order valence-corrected chi connectivity index (χ2v) is 2.53. The van der Waals surface area contributed by atoms with Crippen molar-refractivity contribution in [3.63, 3.8) is 0 Å². The molecule has 0 aliphatic heterocycles. The number of rotatable bonds is 3. The van der Waals surface area contributed by atoms with Crippen LogP contribution in [0.5, 0.6) is 0 Å². The highest BCUT2D eigenvalue weighted by Crippen LogP contribution is 2.12. The van der Waals surface area contributed by atoms with Crippen molar-refractivity contribution in [2.75, 3.05) is 6.61 Å². The molecule has 0 unspecified atom stereocenters. The Balaban J connectivity index is 2.67. The molecule has 1 atom stereocenters. The summed E-state index contributed by atoms with van der Waals surface area (Å²) >= 11 is 0. The fraction of sp³-hybridized carbons (Fsp3) is 0.571. The lowest BCUT2D eigenvalue weighted by molar-refractivity contribution is 0.275. The van der Waals surface area contributed by atoms with Gasteiger partial charge in [0.05, 0.1) is 18.1 Å². The van der Waals surface area contributed by atoms with Crippen LogP contribution >= 0.6 is 0 Å². The van der Waals surface area contributed by atoms with Crippen LogP contribution in [0.15, 0.2) is 6.33 Å². The van der Waals surface area contributed by atoms with Crippen molar-refractivity contribution >= 4 is 0 Å². The van der Waals surface area contributed by atoms with E-state index >= 15 is 0 Å². The number of aliphatic hydroxyl groups is 1. The number of nitrogens with zero attached hydrogens (tertiary/aromatic N) is 1. The molecule has 1 aromatic rings. The first-order valence-corrected chi connectivity index (χ1v) is 3.62. The van der Waals surface area contributed by atoms with Crippen molar-refractivity contribution in [3.05, 3.63) is 17.7 Å². The second-order valence-electron chi connectivity index (χ2n) is 2.53. The summed E-state index contributed by atoms with van der Waals surface area (Å²) < 4.78 is 0. The number of hydrogen-bond acceptors (Lipinski definition) is 3. The largest absolute Gasteiger partial charge is 0.396 e. The summed E-state index contributed by atoms with van der Waals surface area (Å²) in [5.41, 5.74) is 7.53. The molecular weight excluding hydrogens is 142 g/mol. The molecule has 0 saturated carbocycles. The molecule has 1 aromatic heterocycles. The Bertz CT molecular complexity index is 221. The molecule has 4 nitrogen and oxygen atoms in total. The first-order valence-electron chi connectivity index (χ1n) is 3.62. The van der Waals surface area contributed by atoms with Gasteiger partial charge in [-0.2, -0.15) is 0 Å². The second kappa shape index (κ2) is 3.50. The summed E-state index contributed by atoms with van der Waals surface area (Å²) in [4.78, 5) is 6.98. The zero-order chi connectivity index (χ0) is 8.27. The van der Waals surface area contributed by atoms with Crippen LogP contribution in [0.25, 0.3) is 0 Å². The van der Waals surface area contributed by atoms with E-state index < -0.39 is 0 Å². The molecule has 0 bridgehead atoms. The highest BCUT2D eigenvalue weighted by atomic mass is 16.3. The molecule has 0 spiro atoms. The van der Waals surface area contributed by atoms with Gasteiger partial charge >= 0.3 is 0 Å². The number of aliphatic hydroxyl groups excluding tert-OH is 1. The van der Waals surface area contributed by atoms with E-state index in [4.69, 9.17) is 10.8 Å². The van der Waals surface area contributed by atoms with Crippen LogP contribution in [0, 0.1) is 6.92 Å². The zero-order valence-electron chi connectivity index (χ0n) is 6.54. The number of aromatic amines is 1. The van der Waals surface area contributed by atoms with Gasteiger partial charge in [-0.15, -0.1) is 0 Å². The third-order valence-corrected chi connectivity index (χ3v) is 1.66. The van der Waals surface area contributed by atoms with Crippen molar-refractivity contribution in [2.24, 2.45) is 5.73 Å². The lowest BCUT2D eigenvalue weighted by Crippen LogP contribution is -2.13. The van der Waals surface area contributed by atoms with E-state index in [0.29, 0.717) is 6.42 Å². The molecule has 1 heterocycles. The molecule has 0 amide bonds. The maximum atomic E-state index is 8.61. The molecule has 4 heteroatoms. The monoisotopic (exact) mass is 155 g/mol. The molecule has 0 radical (unpaired) electrons. The Hall–Kier alpha value is -0.870. The molecule has 0 aliphatic carbocycles. The van der Waals surface area contributed by atoms with Crippen LogP contribution in [-0.4, -0.2) is 21.7 Å². The predicted octanol–water partition coefficient (Wildman–Crippen LogP) is 0.100.